The number of aliphatic hydroxyl groups excluding tert-OH is 1. The summed E-state index contributed by atoms with van der Waals surface area (Å²) in [4.78, 5) is 0. The number of rotatable bonds is 5. The van der Waals surface area contributed by atoms with Crippen molar-refractivity contribution in [1.29, 1.82) is 0 Å². The fourth-order valence-corrected chi connectivity index (χ4v) is 9.84. The van der Waals surface area contributed by atoms with E-state index in [9.17, 15) is 5.11 Å². The van der Waals surface area contributed by atoms with Crippen LogP contribution in [0.1, 0.15) is 120 Å². The molecule has 3 saturated carbocycles. The summed E-state index contributed by atoms with van der Waals surface area (Å²) in [5.41, 5.74) is 7.74. The Kier molecular flexibility index (Phi) is 6.83. The maximum Gasteiger partial charge on any atom is 0.0543 e. The Bertz CT molecular complexity index is 767. The topological polar surface area (TPSA) is 20.2 Å². The van der Waals surface area contributed by atoms with Crippen molar-refractivity contribution in [2.24, 2.45) is 46.3 Å². The molecule has 0 aliphatic heterocycles. The van der Waals surface area contributed by atoms with Gasteiger partial charge in [-0.25, -0.2) is 0 Å². The average Bonchev–Trinajstić information content (AvgIpc) is 3.04. The van der Waals surface area contributed by atoms with E-state index in [2.05, 4.69) is 55.4 Å². The zero-order valence-corrected chi connectivity index (χ0v) is 22.6. The maximum absolute atomic E-state index is 10.4. The summed E-state index contributed by atoms with van der Waals surface area (Å²) in [5.74, 6) is 4.83. The van der Waals surface area contributed by atoms with Gasteiger partial charge in [-0.2, -0.15) is 0 Å². The molecule has 0 aromatic rings. The third-order valence-electron chi connectivity index (χ3n) is 11.2. The highest BCUT2D eigenvalue weighted by Gasteiger charge is 2.58. The highest BCUT2D eigenvalue weighted by atomic mass is 16.3. The van der Waals surface area contributed by atoms with Gasteiger partial charge in [0.1, 0.15) is 0 Å². The summed E-state index contributed by atoms with van der Waals surface area (Å²) in [6, 6.07) is 0. The van der Waals surface area contributed by atoms with E-state index in [0.717, 1.165) is 36.5 Å². The Morgan fingerprint density at radius 3 is 2.41 bits per heavy atom. The molecule has 0 spiro atoms. The van der Waals surface area contributed by atoms with E-state index in [4.69, 9.17) is 0 Å². The van der Waals surface area contributed by atoms with Gasteiger partial charge in [0, 0.05) is 0 Å². The van der Waals surface area contributed by atoms with Gasteiger partial charge in [0.05, 0.1) is 6.10 Å². The van der Waals surface area contributed by atoms with Gasteiger partial charge in [-0.15, -0.1) is 0 Å². The predicted molar refractivity (Wildman–Crippen MR) is 137 cm³/mol. The van der Waals surface area contributed by atoms with Crippen LogP contribution in [-0.2, 0) is 0 Å². The molecule has 2 unspecified atom stereocenters. The van der Waals surface area contributed by atoms with Crippen LogP contribution < -0.4 is 0 Å². The highest BCUT2D eigenvalue weighted by Crippen LogP contribution is 2.68. The molecule has 1 heteroatoms. The second-order valence-electron chi connectivity index (χ2n) is 13.6. The summed E-state index contributed by atoms with van der Waals surface area (Å²) in [6.45, 7) is 19.7. The Balaban J connectivity index is 1.56. The Morgan fingerprint density at radius 2 is 1.75 bits per heavy atom. The lowest BCUT2D eigenvalue weighted by Gasteiger charge is -2.58. The van der Waals surface area contributed by atoms with E-state index in [1.807, 2.05) is 5.57 Å². The van der Waals surface area contributed by atoms with Crippen LogP contribution in [0.15, 0.2) is 22.3 Å². The van der Waals surface area contributed by atoms with Crippen molar-refractivity contribution in [3.05, 3.63) is 22.3 Å². The van der Waals surface area contributed by atoms with Crippen LogP contribution in [0.25, 0.3) is 0 Å². The van der Waals surface area contributed by atoms with E-state index in [0.29, 0.717) is 22.7 Å². The first-order chi connectivity index (χ1) is 15.0. The van der Waals surface area contributed by atoms with E-state index in [1.165, 1.54) is 51.4 Å². The zero-order chi connectivity index (χ0) is 23.4. The lowest BCUT2D eigenvalue weighted by Crippen LogP contribution is -2.49. The lowest BCUT2D eigenvalue weighted by molar-refractivity contribution is -0.0184. The van der Waals surface area contributed by atoms with Gasteiger partial charge in [0.25, 0.3) is 0 Å². The molecule has 32 heavy (non-hydrogen) atoms. The normalized spacial score (nSPS) is 42.4. The number of allylic oxidation sites excluding steroid dienone is 4. The van der Waals surface area contributed by atoms with Gasteiger partial charge in [-0.1, -0.05) is 56.9 Å². The Hall–Kier alpha value is -0.560. The summed E-state index contributed by atoms with van der Waals surface area (Å²) in [7, 11) is 0. The second kappa shape index (κ2) is 8.90. The summed E-state index contributed by atoms with van der Waals surface area (Å²) in [5, 5.41) is 10.4. The Morgan fingerprint density at radius 1 is 1.03 bits per heavy atom. The van der Waals surface area contributed by atoms with Gasteiger partial charge < -0.3 is 5.11 Å². The van der Waals surface area contributed by atoms with Crippen LogP contribution in [0.5, 0.6) is 0 Å². The standard InChI is InChI=1S/C31H52O/c1-19(2)25(20(3)4)11-9-21(5)27-13-14-28-26-12-10-23-17-24(32)15-16-30(23,7)29(26)22(6)18-31(27,28)8/h19,21,23-24,26-28,32H,9-18H2,1-8H3/t21-,23?,24?,26+,27-,28+,30+,31-/m1/s1. The van der Waals surface area contributed by atoms with Crippen LogP contribution in [0, 0.1) is 46.3 Å². The molecule has 4 rings (SSSR count). The molecular formula is C31H52O. The number of aliphatic hydroxyl groups is 1. The summed E-state index contributed by atoms with van der Waals surface area (Å²) >= 11 is 0. The maximum atomic E-state index is 10.4. The summed E-state index contributed by atoms with van der Waals surface area (Å²) < 4.78 is 0. The molecule has 0 aromatic carbocycles. The third kappa shape index (κ3) is 3.97. The molecule has 0 bridgehead atoms. The molecule has 0 amide bonds. The largest absolute Gasteiger partial charge is 0.393 e. The second-order valence-corrected chi connectivity index (χ2v) is 13.6. The Labute approximate surface area is 199 Å². The average molecular weight is 441 g/mol. The van der Waals surface area contributed by atoms with Crippen LogP contribution in [0.2, 0.25) is 0 Å². The number of hydrogen-bond donors (Lipinski definition) is 1. The quantitative estimate of drug-likeness (QED) is 0.424. The molecule has 1 N–H and O–H groups in total. The highest BCUT2D eigenvalue weighted by molar-refractivity contribution is 5.33. The van der Waals surface area contributed by atoms with Crippen molar-refractivity contribution in [1.82, 2.24) is 0 Å². The fraction of sp³-hybridized carbons (Fsp3) is 0.871. The smallest absolute Gasteiger partial charge is 0.0543 e. The molecule has 0 heterocycles. The molecule has 4 aliphatic rings. The van der Waals surface area contributed by atoms with Crippen LogP contribution >= 0.6 is 0 Å². The molecular weight excluding hydrogens is 388 g/mol. The van der Waals surface area contributed by atoms with Crippen molar-refractivity contribution in [3.63, 3.8) is 0 Å². The van der Waals surface area contributed by atoms with E-state index in [1.54, 1.807) is 16.7 Å². The van der Waals surface area contributed by atoms with E-state index < -0.39 is 0 Å². The summed E-state index contributed by atoms with van der Waals surface area (Å²) in [6.07, 6.45) is 12.9. The van der Waals surface area contributed by atoms with Crippen molar-refractivity contribution in [2.45, 2.75) is 126 Å². The van der Waals surface area contributed by atoms with Crippen molar-refractivity contribution in [3.8, 4) is 0 Å². The van der Waals surface area contributed by atoms with Crippen molar-refractivity contribution < 1.29 is 5.11 Å². The molecule has 0 saturated heterocycles. The molecule has 3 fully saturated rings. The van der Waals surface area contributed by atoms with Gasteiger partial charge >= 0.3 is 0 Å². The SMILES string of the molecule is CC(C)=C(CC[C@@H](C)[C@H]1CC[C@H]2[C@@H]3CCC4CC(O)CC[C@]4(C)C3=C(C)C[C@]12C)C(C)C. The van der Waals surface area contributed by atoms with Gasteiger partial charge in [0.2, 0.25) is 0 Å². The minimum Gasteiger partial charge on any atom is -0.393 e. The molecule has 0 radical (unpaired) electrons. The van der Waals surface area contributed by atoms with Crippen molar-refractivity contribution in [2.75, 3.05) is 0 Å². The van der Waals surface area contributed by atoms with Gasteiger partial charge in [0.15, 0.2) is 0 Å². The van der Waals surface area contributed by atoms with Gasteiger partial charge in [-0.05, 0) is 131 Å². The number of fused-ring (bicyclic) bond motifs is 5. The van der Waals surface area contributed by atoms with Crippen LogP contribution in [-0.4, -0.2) is 11.2 Å². The minimum atomic E-state index is -0.0485. The first-order valence-electron chi connectivity index (χ1n) is 14.0. The first kappa shape index (κ1) is 24.6. The van der Waals surface area contributed by atoms with E-state index >= 15 is 0 Å². The molecule has 0 aromatic heterocycles. The third-order valence-corrected chi connectivity index (χ3v) is 11.2. The monoisotopic (exact) mass is 440 g/mol. The molecule has 1 nitrogen and oxygen atoms in total. The first-order valence-corrected chi connectivity index (χ1v) is 14.0. The fourth-order valence-electron chi connectivity index (χ4n) is 9.84. The zero-order valence-electron chi connectivity index (χ0n) is 22.6. The van der Waals surface area contributed by atoms with Gasteiger partial charge in [-0.3, -0.25) is 0 Å². The van der Waals surface area contributed by atoms with Crippen LogP contribution in [0.4, 0.5) is 0 Å². The number of hydrogen-bond acceptors (Lipinski definition) is 1. The lowest BCUT2D eigenvalue weighted by atomic mass is 9.47. The van der Waals surface area contributed by atoms with Crippen LogP contribution in [0.3, 0.4) is 0 Å². The molecule has 4 aliphatic carbocycles. The molecule has 182 valence electrons. The molecule has 8 atom stereocenters. The van der Waals surface area contributed by atoms with Crippen molar-refractivity contribution >= 4 is 0 Å². The predicted octanol–water partition coefficient (Wildman–Crippen LogP) is 8.73. The minimum absolute atomic E-state index is 0.0485. The van der Waals surface area contributed by atoms with E-state index in [-0.39, 0.29) is 6.10 Å².